The third kappa shape index (κ3) is 4.43. The predicted octanol–water partition coefficient (Wildman–Crippen LogP) is 4.41. The topological polar surface area (TPSA) is 34.1 Å². The van der Waals surface area contributed by atoms with E-state index < -0.39 is 0 Å². The highest BCUT2D eigenvalue weighted by atomic mass is 16.5. The molecule has 110 valence electrons. The van der Waals surface area contributed by atoms with Gasteiger partial charge in [0.2, 0.25) is 0 Å². The highest BCUT2D eigenvalue weighted by Crippen LogP contribution is 2.28. The second-order valence-electron chi connectivity index (χ2n) is 5.16. The molecule has 3 nitrogen and oxygen atoms in total. The van der Waals surface area contributed by atoms with E-state index in [2.05, 4.69) is 24.1 Å². The lowest BCUT2D eigenvalue weighted by Gasteiger charge is -2.14. The maximum absolute atomic E-state index is 6.09. The average Bonchev–Trinajstić information content (AvgIpc) is 2.48. The summed E-state index contributed by atoms with van der Waals surface area (Å²) in [6.45, 7) is 6.99. The maximum atomic E-state index is 6.09. The van der Waals surface area contributed by atoms with Crippen molar-refractivity contribution in [3.05, 3.63) is 59.9 Å². The van der Waals surface area contributed by atoms with Crippen molar-refractivity contribution in [2.24, 2.45) is 0 Å². The van der Waals surface area contributed by atoms with Crippen molar-refractivity contribution in [3.63, 3.8) is 0 Å². The van der Waals surface area contributed by atoms with Gasteiger partial charge in [-0.25, -0.2) is 0 Å². The van der Waals surface area contributed by atoms with E-state index in [0.29, 0.717) is 6.04 Å². The molecule has 0 saturated heterocycles. The van der Waals surface area contributed by atoms with E-state index in [9.17, 15) is 0 Å². The molecule has 0 bridgehead atoms. The second-order valence-corrected chi connectivity index (χ2v) is 5.16. The van der Waals surface area contributed by atoms with Gasteiger partial charge in [0, 0.05) is 36.1 Å². The highest BCUT2D eigenvalue weighted by Gasteiger charge is 2.07. The van der Waals surface area contributed by atoms with Gasteiger partial charge in [-0.1, -0.05) is 44.2 Å². The quantitative estimate of drug-likeness (QED) is 0.852. The van der Waals surface area contributed by atoms with Gasteiger partial charge in [0.25, 0.3) is 0 Å². The number of pyridine rings is 1. The van der Waals surface area contributed by atoms with Gasteiger partial charge in [0.05, 0.1) is 0 Å². The van der Waals surface area contributed by atoms with Gasteiger partial charge in [-0.15, -0.1) is 0 Å². The molecule has 1 aromatic heterocycles. The van der Waals surface area contributed by atoms with Gasteiger partial charge >= 0.3 is 0 Å². The number of aromatic nitrogens is 1. The Balaban J connectivity index is 2.23. The Morgan fingerprint density at radius 3 is 2.76 bits per heavy atom. The van der Waals surface area contributed by atoms with Gasteiger partial charge in [-0.2, -0.15) is 0 Å². The summed E-state index contributed by atoms with van der Waals surface area (Å²) in [7, 11) is 0. The van der Waals surface area contributed by atoms with Crippen molar-refractivity contribution in [2.75, 3.05) is 0 Å². The Kier molecular flexibility index (Phi) is 5.52. The smallest absolute Gasteiger partial charge is 0.135 e. The number of nitrogens with zero attached hydrogens (tertiary/aromatic N) is 1. The standard InChI is InChI=1S/C18H22N2O/c1-4-7-15-8-5-6-9-17(15)21-18-10-11-19-12-16(18)13-20-14(2)3/h4-12,14,20H,13H2,1-3H3/b7-4+. The largest absolute Gasteiger partial charge is 0.456 e. The monoisotopic (exact) mass is 282 g/mol. The summed E-state index contributed by atoms with van der Waals surface area (Å²) >= 11 is 0. The van der Waals surface area contributed by atoms with Crippen LogP contribution in [0.25, 0.3) is 6.08 Å². The van der Waals surface area contributed by atoms with Crippen LogP contribution in [-0.2, 0) is 6.54 Å². The third-order valence-corrected chi connectivity index (χ3v) is 3.04. The van der Waals surface area contributed by atoms with Crippen LogP contribution >= 0.6 is 0 Å². The zero-order valence-corrected chi connectivity index (χ0v) is 12.8. The summed E-state index contributed by atoms with van der Waals surface area (Å²) in [5, 5.41) is 3.39. The summed E-state index contributed by atoms with van der Waals surface area (Å²) < 4.78 is 6.09. The predicted molar refractivity (Wildman–Crippen MR) is 87.4 cm³/mol. The van der Waals surface area contributed by atoms with Crippen molar-refractivity contribution in [1.29, 1.82) is 0 Å². The first-order valence-corrected chi connectivity index (χ1v) is 7.26. The molecule has 21 heavy (non-hydrogen) atoms. The number of benzene rings is 1. The number of rotatable bonds is 6. The molecule has 2 aromatic rings. The van der Waals surface area contributed by atoms with Crippen molar-refractivity contribution >= 4 is 6.08 Å². The van der Waals surface area contributed by atoms with Crippen LogP contribution in [0.3, 0.4) is 0 Å². The number of hydrogen-bond acceptors (Lipinski definition) is 3. The fourth-order valence-corrected chi connectivity index (χ4v) is 1.97. The Morgan fingerprint density at radius 2 is 2.00 bits per heavy atom. The van der Waals surface area contributed by atoms with Crippen LogP contribution in [0.15, 0.2) is 48.8 Å². The van der Waals surface area contributed by atoms with E-state index in [4.69, 9.17) is 4.74 Å². The summed E-state index contributed by atoms with van der Waals surface area (Å²) in [6, 6.07) is 10.3. The Morgan fingerprint density at radius 1 is 1.19 bits per heavy atom. The molecule has 0 aliphatic carbocycles. The molecule has 0 aliphatic rings. The van der Waals surface area contributed by atoms with Gasteiger partial charge in [0.15, 0.2) is 0 Å². The van der Waals surface area contributed by atoms with Crippen LogP contribution in [0.4, 0.5) is 0 Å². The molecular weight excluding hydrogens is 260 g/mol. The molecule has 0 fully saturated rings. The van der Waals surface area contributed by atoms with Gasteiger partial charge in [0.1, 0.15) is 11.5 Å². The van der Waals surface area contributed by atoms with Crippen LogP contribution in [0.1, 0.15) is 31.9 Å². The first-order chi connectivity index (χ1) is 10.2. The Hall–Kier alpha value is -2.13. The van der Waals surface area contributed by atoms with E-state index in [1.165, 1.54) is 0 Å². The lowest BCUT2D eigenvalue weighted by atomic mass is 10.2. The Bertz CT molecular complexity index is 606. The number of ether oxygens (including phenoxy) is 1. The highest BCUT2D eigenvalue weighted by molar-refractivity contribution is 5.58. The molecule has 0 aliphatic heterocycles. The van der Waals surface area contributed by atoms with Crippen LogP contribution in [0.2, 0.25) is 0 Å². The zero-order chi connectivity index (χ0) is 15.1. The van der Waals surface area contributed by atoms with E-state index in [0.717, 1.165) is 29.2 Å². The number of allylic oxidation sites excluding steroid dienone is 1. The molecule has 1 N–H and O–H groups in total. The molecule has 0 amide bonds. The molecule has 2 rings (SSSR count). The fraction of sp³-hybridized carbons (Fsp3) is 0.278. The SMILES string of the molecule is C/C=C/c1ccccc1Oc1ccncc1CNC(C)C. The van der Waals surface area contributed by atoms with E-state index in [-0.39, 0.29) is 0 Å². The average molecular weight is 282 g/mol. The summed E-state index contributed by atoms with van der Waals surface area (Å²) in [5.74, 6) is 1.70. The molecule has 0 unspecified atom stereocenters. The number of hydrogen-bond donors (Lipinski definition) is 1. The Labute approximate surface area is 126 Å². The van der Waals surface area contributed by atoms with Crippen LogP contribution in [0.5, 0.6) is 11.5 Å². The normalized spacial score (nSPS) is 11.2. The first kappa shape index (κ1) is 15.3. The molecule has 0 radical (unpaired) electrons. The van der Waals surface area contributed by atoms with Crippen LogP contribution in [-0.4, -0.2) is 11.0 Å². The third-order valence-electron chi connectivity index (χ3n) is 3.04. The van der Waals surface area contributed by atoms with Crippen molar-refractivity contribution < 1.29 is 4.74 Å². The zero-order valence-electron chi connectivity index (χ0n) is 12.8. The summed E-state index contributed by atoms with van der Waals surface area (Å²) in [5.41, 5.74) is 2.13. The van der Waals surface area contributed by atoms with E-state index in [1.54, 1.807) is 6.20 Å². The fourth-order valence-electron chi connectivity index (χ4n) is 1.97. The van der Waals surface area contributed by atoms with Crippen LogP contribution in [0, 0.1) is 0 Å². The minimum absolute atomic E-state index is 0.424. The maximum Gasteiger partial charge on any atom is 0.135 e. The minimum Gasteiger partial charge on any atom is -0.456 e. The van der Waals surface area contributed by atoms with Crippen molar-refractivity contribution in [3.8, 4) is 11.5 Å². The van der Waals surface area contributed by atoms with Crippen LogP contribution < -0.4 is 10.1 Å². The molecule has 0 atom stereocenters. The first-order valence-electron chi connectivity index (χ1n) is 7.26. The second kappa shape index (κ2) is 7.60. The van der Waals surface area contributed by atoms with E-state index >= 15 is 0 Å². The molecule has 0 spiro atoms. The van der Waals surface area contributed by atoms with E-state index in [1.807, 2.05) is 55.6 Å². The lowest BCUT2D eigenvalue weighted by Crippen LogP contribution is -2.22. The molecular formula is C18H22N2O. The van der Waals surface area contributed by atoms with Gasteiger partial charge in [-0.05, 0) is 19.1 Å². The van der Waals surface area contributed by atoms with Crippen molar-refractivity contribution in [2.45, 2.75) is 33.4 Å². The summed E-state index contributed by atoms with van der Waals surface area (Å²) in [4.78, 5) is 4.19. The number of para-hydroxylation sites is 1. The minimum atomic E-state index is 0.424. The van der Waals surface area contributed by atoms with Gasteiger partial charge in [-0.3, -0.25) is 4.98 Å². The summed E-state index contributed by atoms with van der Waals surface area (Å²) in [6.07, 6.45) is 7.66. The van der Waals surface area contributed by atoms with Gasteiger partial charge < -0.3 is 10.1 Å². The molecule has 0 saturated carbocycles. The molecule has 1 aromatic carbocycles. The lowest BCUT2D eigenvalue weighted by molar-refractivity contribution is 0.467. The molecule has 1 heterocycles. The molecule has 3 heteroatoms. The number of nitrogens with one attached hydrogen (secondary N) is 1. The van der Waals surface area contributed by atoms with Crippen molar-refractivity contribution in [1.82, 2.24) is 10.3 Å².